The van der Waals surface area contributed by atoms with Gasteiger partial charge in [-0.3, -0.25) is 0 Å². The Balaban J connectivity index is 1.75. The zero-order chi connectivity index (χ0) is 21.7. The second kappa shape index (κ2) is 9.49. The van der Waals surface area contributed by atoms with E-state index in [4.69, 9.17) is 8.92 Å². The maximum absolute atomic E-state index is 13.1. The van der Waals surface area contributed by atoms with E-state index in [9.17, 15) is 13.2 Å². The van der Waals surface area contributed by atoms with Crippen LogP contribution in [-0.4, -0.2) is 44.9 Å². The summed E-state index contributed by atoms with van der Waals surface area (Å²) in [6.07, 6.45) is 2.94. The molecule has 0 saturated carbocycles. The minimum Gasteiger partial charge on any atom is -0.383 e. The molecule has 0 radical (unpaired) electrons. The van der Waals surface area contributed by atoms with Crippen molar-refractivity contribution in [1.82, 2.24) is 4.90 Å². The Morgan fingerprint density at radius 2 is 1.83 bits per heavy atom. The van der Waals surface area contributed by atoms with Crippen molar-refractivity contribution >= 4 is 21.8 Å². The Labute approximate surface area is 178 Å². The summed E-state index contributed by atoms with van der Waals surface area (Å²) < 4.78 is 33.2. The summed E-state index contributed by atoms with van der Waals surface area (Å²) in [5.41, 5.74) is 3.69. The monoisotopic (exact) mass is 432 g/mol. The lowest BCUT2D eigenvalue weighted by Crippen LogP contribution is -2.39. The third-order valence-corrected chi connectivity index (χ3v) is 5.49. The number of nitrogens with one attached hydrogen (secondary N) is 1. The van der Waals surface area contributed by atoms with Crippen molar-refractivity contribution in [3.8, 4) is 5.75 Å². The van der Waals surface area contributed by atoms with Gasteiger partial charge in [-0.2, -0.15) is 8.42 Å². The molecule has 8 heteroatoms. The molecule has 1 aliphatic heterocycles. The molecule has 1 N–H and O–H groups in total. The van der Waals surface area contributed by atoms with Crippen LogP contribution in [0.4, 0.5) is 10.5 Å². The normalized spacial score (nSPS) is 16.3. The summed E-state index contributed by atoms with van der Waals surface area (Å²) in [5.74, 6) is 0.243. The Bertz CT molecular complexity index is 963. The summed E-state index contributed by atoms with van der Waals surface area (Å²) in [6.45, 7) is 5.50. The first kappa shape index (κ1) is 22.1. The SMILES string of the molecule is Cc1cccc(C)c1NC(=O)N(Cc1ccc(OS(C)(=O)=O)cc1)CC1CCCO1. The van der Waals surface area contributed by atoms with Crippen molar-refractivity contribution in [3.05, 3.63) is 59.2 Å². The lowest BCUT2D eigenvalue weighted by Gasteiger charge is -2.26. The Kier molecular flexibility index (Phi) is 6.99. The zero-order valence-electron chi connectivity index (χ0n) is 17.6. The molecule has 3 rings (SSSR count). The molecule has 1 aliphatic rings. The number of rotatable bonds is 7. The van der Waals surface area contributed by atoms with E-state index in [0.29, 0.717) is 19.7 Å². The topological polar surface area (TPSA) is 84.9 Å². The average molecular weight is 433 g/mol. The number of hydrogen-bond donors (Lipinski definition) is 1. The number of benzene rings is 2. The molecule has 1 atom stereocenters. The van der Waals surface area contributed by atoms with Gasteiger partial charge in [0.15, 0.2) is 0 Å². The van der Waals surface area contributed by atoms with Crippen LogP contribution in [0.3, 0.4) is 0 Å². The number of anilines is 1. The fraction of sp³-hybridized carbons (Fsp3) is 0.409. The zero-order valence-corrected chi connectivity index (χ0v) is 18.4. The van der Waals surface area contributed by atoms with E-state index >= 15 is 0 Å². The predicted octanol–water partition coefficient (Wildman–Crippen LogP) is 3.85. The number of amides is 2. The number of nitrogens with zero attached hydrogens (tertiary/aromatic N) is 1. The Morgan fingerprint density at radius 3 is 2.40 bits per heavy atom. The van der Waals surface area contributed by atoms with Gasteiger partial charge in [0.05, 0.1) is 12.4 Å². The average Bonchev–Trinajstić information content (AvgIpc) is 3.17. The van der Waals surface area contributed by atoms with Gasteiger partial charge in [0, 0.05) is 25.4 Å². The molecule has 30 heavy (non-hydrogen) atoms. The summed E-state index contributed by atoms with van der Waals surface area (Å²) >= 11 is 0. The van der Waals surface area contributed by atoms with Gasteiger partial charge in [-0.05, 0) is 55.5 Å². The van der Waals surface area contributed by atoms with Crippen LogP contribution in [0.25, 0.3) is 0 Å². The van der Waals surface area contributed by atoms with Crippen LogP contribution in [0.2, 0.25) is 0 Å². The number of ether oxygens (including phenoxy) is 1. The van der Waals surface area contributed by atoms with Gasteiger partial charge >= 0.3 is 16.1 Å². The highest BCUT2D eigenvalue weighted by Crippen LogP contribution is 2.22. The molecule has 0 bridgehead atoms. The highest BCUT2D eigenvalue weighted by atomic mass is 32.2. The van der Waals surface area contributed by atoms with Gasteiger partial charge in [0.25, 0.3) is 0 Å². The maximum atomic E-state index is 13.1. The van der Waals surface area contributed by atoms with Crippen LogP contribution in [0.1, 0.15) is 29.5 Å². The van der Waals surface area contributed by atoms with Crippen LogP contribution in [-0.2, 0) is 21.4 Å². The number of carbonyl (C=O) groups is 1. The van der Waals surface area contributed by atoms with E-state index in [1.165, 1.54) is 0 Å². The number of para-hydroxylation sites is 1. The number of hydrogen-bond acceptors (Lipinski definition) is 5. The van der Waals surface area contributed by atoms with Gasteiger partial charge < -0.3 is 19.1 Å². The molecule has 0 aromatic heterocycles. The smallest absolute Gasteiger partial charge is 0.322 e. The highest BCUT2D eigenvalue weighted by molar-refractivity contribution is 7.86. The molecular formula is C22H28N2O5S. The molecule has 2 aromatic carbocycles. The minimum absolute atomic E-state index is 0.0153. The van der Waals surface area contributed by atoms with Gasteiger partial charge in [-0.15, -0.1) is 0 Å². The number of aryl methyl sites for hydroxylation is 2. The van der Waals surface area contributed by atoms with E-state index in [0.717, 1.165) is 41.5 Å². The summed E-state index contributed by atoms with van der Waals surface area (Å²) in [7, 11) is -3.58. The third kappa shape index (κ3) is 6.21. The summed E-state index contributed by atoms with van der Waals surface area (Å²) in [6, 6.07) is 12.4. The van der Waals surface area contributed by atoms with Gasteiger partial charge in [0.2, 0.25) is 0 Å². The largest absolute Gasteiger partial charge is 0.383 e. The molecule has 2 amide bonds. The molecule has 7 nitrogen and oxygen atoms in total. The standard InChI is InChI=1S/C22H28N2O5S/c1-16-6-4-7-17(2)21(16)23-22(25)24(15-20-8-5-13-28-20)14-18-9-11-19(12-10-18)29-30(3,26)27/h4,6-7,9-12,20H,5,8,13-15H2,1-3H3,(H,23,25). The molecular weight excluding hydrogens is 404 g/mol. The lowest BCUT2D eigenvalue weighted by atomic mass is 10.1. The van der Waals surface area contributed by atoms with Crippen LogP contribution in [0.15, 0.2) is 42.5 Å². The van der Waals surface area contributed by atoms with E-state index in [-0.39, 0.29) is 17.9 Å². The van der Waals surface area contributed by atoms with Crippen molar-refractivity contribution < 1.29 is 22.1 Å². The quantitative estimate of drug-likeness (QED) is 0.672. The van der Waals surface area contributed by atoms with Crippen LogP contribution in [0.5, 0.6) is 5.75 Å². The van der Waals surface area contributed by atoms with Crippen LogP contribution in [0, 0.1) is 13.8 Å². The van der Waals surface area contributed by atoms with Crippen molar-refractivity contribution in [2.24, 2.45) is 0 Å². The first-order valence-corrected chi connectivity index (χ1v) is 11.7. The van der Waals surface area contributed by atoms with Gasteiger partial charge in [-0.25, -0.2) is 4.79 Å². The molecule has 1 fully saturated rings. The first-order chi connectivity index (χ1) is 14.2. The molecule has 1 saturated heterocycles. The summed E-state index contributed by atoms with van der Waals surface area (Å²) in [5, 5.41) is 3.04. The van der Waals surface area contributed by atoms with Crippen molar-refractivity contribution in [2.75, 3.05) is 24.7 Å². The minimum atomic E-state index is -3.58. The number of urea groups is 1. The van der Waals surface area contributed by atoms with Crippen LogP contribution < -0.4 is 9.50 Å². The molecule has 1 unspecified atom stereocenters. The fourth-order valence-electron chi connectivity index (χ4n) is 3.50. The van der Waals surface area contributed by atoms with E-state index in [2.05, 4.69) is 5.32 Å². The molecule has 2 aromatic rings. The second-order valence-corrected chi connectivity index (χ2v) is 9.22. The van der Waals surface area contributed by atoms with Crippen LogP contribution >= 0.6 is 0 Å². The predicted molar refractivity (Wildman–Crippen MR) is 116 cm³/mol. The van der Waals surface area contributed by atoms with Crippen molar-refractivity contribution in [1.29, 1.82) is 0 Å². The first-order valence-electron chi connectivity index (χ1n) is 9.93. The Hall–Kier alpha value is -2.58. The third-order valence-electron chi connectivity index (χ3n) is 4.99. The van der Waals surface area contributed by atoms with Gasteiger partial charge in [0.1, 0.15) is 5.75 Å². The van der Waals surface area contributed by atoms with Gasteiger partial charge in [-0.1, -0.05) is 30.3 Å². The van der Waals surface area contributed by atoms with E-state index in [1.807, 2.05) is 32.0 Å². The number of carbonyl (C=O) groups excluding carboxylic acids is 1. The fourth-order valence-corrected chi connectivity index (χ4v) is 3.96. The van der Waals surface area contributed by atoms with Crippen molar-refractivity contribution in [3.63, 3.8) is 0 Å². The molecule has 0 spiro atoms. The van der Waals surface area contributed by atoms with E-state index < -0.39 is 10.1 Å². The lowest BCUT2D eigenvalue weighted by molar-refractivity contribution is 0.0819. The van der Waals surface area contributed by atoms with Crippen molar-refractivity contribution in [2.45, 2.75) is 39.3 Å². The molecule has 162 valence electrons. The maximum Gasteiger partial charge on any atom is 0.322 e. The Morgan fingerprint density at radius 1 is 1.17 bits per heavy atom. The highest BCUT2D eigenvalue weighted by Gasteiger charge is 2.23. The molecule has 0 aliphatic carbocycles. The second-order valence-electron chi connectivity index (χ2n) is 7.64. The molecule has 1 heterocycles. The summed E-state index contributed by atoms with van der Waals surface area (Å²) in [4.78, 5) is 14.8. The van der Waals surface area contributed by atoms with E-state index in [1.54, 1.807) is 29.2 Å².